The highest BCUT2D eigenvalue weighted by Gasteiger charge is 2.25. The lowest BCUT2D eigenvalue weighted by molar-refractivity contribution is 0.0999. The van der Waals surface area contributed by atoms with Crippen LogP contribution in [0.15, 0.2) is 23.1 Å². The van der Waals surface area contributed by atoms with E-state index < -0.39 is 21.5 Å². The average Bonchev–Trinajstić information content (AvgIpc) is 2.27. The minimum atomic E-state index is -3.74. The van der Waals surface area contributed by atoms with Gasteiger partial charge in [0.15, 0.2) is 0 Å². The monoisotopic (exact) mass is 285 g/mol. The second-order valence-corrected chi connectivity index (χ2v) is 6.72. The standard InChI is InChI=1S/C12H19N3O3S/c1-8-4-5-9(6-10(8)11(14)16)19(17,18)15-12(2,3)7-13/h4-6,15H,7,13H2,1-3H3,(H2,14,16). The molecule has 0 aliphatic heterocycles. The summed E-state index contributed by atoms with van der Waals surface area (Å²) in [5.74, 6) is -0.660. The zero-order valence-electron chi connectivity index (χ0n) is 11.2. The smallest absolute Gasteiger partial charge is 0.249 e. The molecule has 1 amide bonds. The molecule has 0 unspecified atom stereocenters. The summed E-state index contributed by atoms with van der Waals surface area (Å²) >= 11 is 0. The summed E-state index contributed by atoms with van der Waals surface area (Å²) in [6, 6.07) is 4.24. The molecular formula is C12H19N3O3S. The van der Waals surface area contributed by atoms with Gasteiger partial charge in [-0.05, 0) is 38.5 Å². The van der Waals surface area contributed by atoms with Crippen molar-refractivity contribution in [2.75, 3.05) is 6.54 Å². The van der Waals surface area contributed by atoms with Crippen LogP contribution in [0.3, 0.4) is 0 Å². The Balaban J connectivity index is 3.23. The molecule has 19 heavy (non-hydrogen) atoms. The molecule has 0 saturated heterocycles. The second kappa shape index (κ2) is 5.28. The maximum absolute atomic E-state index is 12.2. The minimum Gasteiger partial charge on any atom is -0.366 e. The van der Waals surface area contributed by atoms with E-state index in [9.17, 15) is 13.2 Å². The van der Waals surface area contributed by atoms with Crippen LogP contribution in [-0.4, -0.2) is 26.4 Å². The molecule has 1 aromatic rings. The Morgan fingerprint density at radius 1 is 1.37 bits per heavy atom. The van der Waals surface area contributed by atoms with E-state index in [0.29, 0.717) is 5.56 Å². The van der Waals surface area contributed by atoms with Gasteiger partial charge >= 0.3 is 0 Å². The molecule has 0 saturated carbocycles. The topological polar surface area (TPSA) is 115 Å². The predicted octanol–water partition coefficient (Wildman–Crippen LogP) is 0.110. The minimum absolute atomic E-state index is 0.00609. The Morgan fingerprint density at radius 2 is 1.95 bits per heavy atom. The summed E-state index contributed by atoms with van der Waals surface area (Å²) in [6.07, 6.45) is 0. The number of carbonyl (C=O) groups is 1. The Morgan fingerprint density at radius 3 is 2.42 bits per heavy atom. The summed E-state index contributed by atoms with van der Waals surface area (Å²) in [7, 11) is -3.74. The Kier molecular flexibility index (Phi) is 4.34. The van der Waals surface area contributed by atoms with Crippen LogP contribution >= 0.6 is 0 Å². The normalized spacial score (nSPS) is 12.4. The number of sulfonamides is 1. The van der Waals surface area contributed by atoms with Gasteiger partial charge in [-0.2, -0.15) is 0 Å². The highest BCUT2D eigenvalue weighted by atomic mass is 32.2. The van der Waals surface area contributed by atoms with Gasteiger partial charge < -0.3 is 11.5 Å². The third-order valence-corrected chi connectivity index (χ3v) is 4.40. The fourth-order valence-corrected chi connectivity index (χ4v) is 2.95. The number of amides is 1. The van der Waals surface area contributed by atoms with Crippen LogP contribution in [0.1, 0.15) is 29.8 Å². The number of nitrogens with two attached hydrogens (primary N) is 2. The first-order valence-corrected chi connectivity index (χ1v) is 7.22. The number of carbonyl (C=O) groups excluding carboxylic acids is 1. The van der Waals surface area contributed by atoms with Crippen LogP contribution in [0.4, 0.5) is 0 Å². The average molecular weight is 285 g/mol. The number of benzene rings is 1. The van der Waals surface area contributed by atoms with Crippen molar-refractivity contribution < 1.29 is 13.2 Å². The molecule has 0 spiro atoms. The van der Waals surface area contributed by atoms with E-state index in [1.165, 1.54) is 12.1 Å². The van der Waals surface area contributed by atoms with Gasteiger partial charge in [0.2, 0.25) is 15.9 Å². The number of nitrogens with one attached hydrogen (secondary N) is 1. The molecule has 0 fully saturated rings. The van der Waals surface area contributed by atoms with E-state index in [2.05, 4.69) is 4.72 Å². The van der Waals surface area contributed by atoms with Crippen LogP contribution in [0.25, 0.3) is 0 Å². The van der Waals surface area contributed by atoms with E-state index in [4.69, 9.17) is 11.5 Å². The zero-order chi connectivity index (χ0) is 14.8. The van der Waals surface area contributed by atoms with Crippen LogP contribution in [0.5, 0.6) is 0 Å². The lowest BCUT2D eigenvalue weighted by Crippen LogP contribution is -2.48. The molecule has 106 valence electrons. The van der Waals surface area contributed by atoms with Gasteiger partial charge in [0.05, 0.1) is 4.90 Å². The molecule has 0 bridgehead atoms. The lowest BCUT2D eigenvalue weighted by Gasteiger charge is -2.24. The lowest BCUT2D eigenvalue weighted by atomic mass is 10.1. The number of hydrogen-bond donors (Lipinski definition) is 3. The molecule has 5 N–H and O–H groups in total. The van der Waals surface area contributed by atoms with Crippen molar-refractivity contribution in [2.24, 2.45) is 11.5 Å². The molecular weight excluding hydrogens is 266 g/mol. The molecule has 0 aliphatic carbocycles. The summed E-state index contributed by atoms with van der Waals surface area (Å²) in [6.45, 7) is 5.19. The number of aryl methyl sites for hydroxylation is 1. The van der Waals surface area contributed by atoms with E-state index >= 15 is 0 Å². The van der Waals surface area contributed by atoms with E-state index in [-0.39, 0.29) is 17.0 Å². The van der Waals surface area contributed by atoms with Crippen LogP contribution < -0.4 is 16.2 Å². The summed E-state index contributed by atoms with van der Waals surface area (Å²) in [5, 5.41) is 0. The van der Waals surface area contributed by atoms with E-state index in [1.807, 2.05) is 0 Å². The van der Waals surface area contributed by atoms with Crippen molar-refractivity contribution in [3.63, 3.8) is 0 Å². The van der Waals surface area contributed by atoms with Gasteiger partial charge in [-0.15, -0.1) is 0 Å². The Bertz CT molecular complexity index is 594. The van der Waals surface area contributed by atoms with Crippen LogP contribution in [0.2, 0.25) is 0 Å². The highest BCUT2D eigenvalue weighted by Crippen LogP contribution is 2.17. The first-order valence-electron chi connectivity index (χ1n) is 5.73. The molecule has 0 aliphatic rings. The van der Waals surface area contributed by atoms with Crippen molar-refractivity contribution in [3.8, 4) is 0 Å². The van der Waals surface area contributed by atoms with Crippen molar-refractivity contribution in [1.82, 2.24) is 4.72 Å². The first-order chi connectivity index (χ1) is 8.59. The zero-order valence-corrected chi connectivity index (χ0v) is 12.0. The number of primary amides is 1. The fraction of sp³-hybridized carbons (Fsp3) is 0.417. The largest absolute Gasteiger partial charge is 0.366 e. The molecule has 6 nitrogen and oxygen atoms in total. The van der Waals surface area contributed by atoms with Gasteiger partial charge in [-0.25, -0.2) is 13.1 Å². The summed E-state index contributed by atoms with van der Waals surface area (Å²) in [4.78, 5) is 11.2. The molecule has 1 rings (SSSR count). The third-order valence-electron chi connectivity index (χ3n) is 2.71. The van der Waals surface area contributed by atoms with Gasteiger partial charge in [-0.3, -0.25) is 4.79 Å². The van der Waals surface area contributed by atoms with Crippen molar-refractivity contribution in [3.05, 3.63) is 29.3 Å². The van der Waals surface area contributed by atoms with Gasteiger partial charge in [0.25, 0.3) is 0 Å². The van der Waals surface area contributed by atoms with Crippen LogP contribution in [-0.2, 0) is 10.0 Å². The molecule has 0 heterocycles. The molecule has 0 radical (unpaired) electrons. The SMILES string of the molecule is Cc1ccc(S(=O)(=O)NC(C)(C)CN)cc1C(N)=O. The predicted molar refractivity (Wildman–Crippen MR) is 73.2 cm³/mol. The Hall–Kier alpha value is -1.44. The molecule has 7 heteroatoms. The Labute approximate surface area is 113 Å². The van der Waals surface area contributed by atoms with Gasteiger partial charge in [-0.1, -0.05) is 6.07 Å². The third kappa shape index (κ3) is 3.76. The van der Waals surface area contributed by atoms with Gasteiger partial charge in [0, 0.05) is 17.6 Å². The number of hydrogen-bond acceptors (Lipinski definition) is 4. The molecule has 1 aromatic carbocycles. The van der Waals surface area contributed by atoms with Gasteiger partial charge in [0.1, 0.15) is 0 Å². The summed E-state index contributed by atoms with van der Waals surface area (Å²) in [5.41, 5.74) is 10.7. The van der Waals surface area contributed by atoms with E-state index in [0.717, 1.165) is 0 Å². The van der Waals surface area contributed by atoms with Crippen molar-refractivity contribution in [2.45, 2.75) is 31.2 Å². The highest BCUT2D eigenvalue weighted by molar-refractivity contribution is 7.89. The first kappa shape index (κ1) is 15.6. The summed E-state index contributed by atoms with van der Waals surface area (Å²) < 4.78 is 26.8. The second-order valence-electron chi connectivity index (χ2n) is 5.03. The quantitative estimate of drug-likeness (QED) is 0.712. The maximum atomic E-state index is 12.2. The van der Waals surface area contributed by atoms with Crippen molar-refractivity contribution >= 4 is 15.9 Å². The van der Waals surface area contributed by atoms with Crippen molar-refractivity contribution in [1.29, 1.82) is 0 Å². The maximum Gasteiger partial charge on any atom is 0.249 e. The van der Waals surface area contributed by atoms with Crippen LogP contribution in [0, 0.1) is 6.92 Å². The number of rotatable bonds is 5. The molecule has 0 aromatic heterocycles. The molecule has 0 atom stereocenters. The fourth-order valence-electron chi connectivity index (χ4n) is 1.50. The van der Waals surface area contributed by atoms with E-state index in [1.54, 1.807) is 26.8 Å².